The van der Waals surface area contributed by atoms with Crippen LogP contribution in [-0.4, -0.2) is 31.7 Å². The van der Waals surface area contributed by atoms with E-state index in [2.05, 4.69) is 17.4 Å². The molecule has 4 rings (SSSR count). The van der Waals surface area contributed by atoms with Gasteiger partial charge in [0, 0.05) is 19.0 Å². The van der Waals surface area contributed by atoms with Gasteiger partial charge in [-0.25, -0.2) is 8.42 Å². The van der Waals surface area contributed by atoms with E-state index in [9.17, 15) is 18.5 Å². The minimum Gasteiger partial charge on any atom is -0.349 e. The molecule has 1 heterocycles. The molecule has 1 aliphatic carbocycles. The van der Waals surface area contributed by atoms with Gasteiger partial charge < -0.3 is 5.32 Å². The maximum Gasteiger partial charge on any atom is 0.244 e. The lowest BCUT2D eigenvalue weighted by atomic mass is 9.87. The highest BCUT2D eigenvalue weighted by Gasteiger charge is 2.34. The fourth-order valence-electron chi connectivity index (χ4n) is 4.47. The number of carbonyl (C=O) groups excluding carboxylic acids is 1. The van der Waals surface area contributed by atoms with E-state index in [0.29, 0.717) is 12.8 Å². The molecular formula is C23H25N3O3S. The molecule has 1 N–H and O–H groups in total. The second kappa shape index (κ2) is 8.58. The number of nitrogens with one attached hydrogen (secondary N) is 1. The van der Waals surface area contributed by atoms with E-state index in [1.54, 1.807) is 12.1 Å². The van der Waals surface area contributed by atoms with Gasteiger partial charge in [0.2, 0.25) is 15.9 Å². The smallest absolute Gasteiger partial charge is 0.244 e. The van der Waals surface area contributed by atoms with Crippen LogP contribution in [0.1, 0.15) is 48.4 Å². The average Bonchev–Trinajstić information content (AvgIpc) is 2.79. The Morgan fingerprint density at radius 2 is 1.73 bits per heavy atom. The Morgan fingerprint density at radius 1 is 1.03 bits per heavy atom. The van der Waals surface area contributed by atoms with Crippen molar-refractivity contribution in [2.45, 2.75) is 43.0 Å². The Bertz CT molecular complexity index is 1080. The SMILES string of the molecule is N#Cc1ccccc1S(=O)(=O)N1CCC(C(=O)N[C@@H]2CCCc3ccccc32)CC1. The predicted octanol–water partition coefficient (Wildman–Crippen LogP) is 3.15. The summed E-state index contributed by atoms with van der Waals surface area (Å²) in [6, 6.07) is 16.5. The predicted molar refractivity (Wildman–Crippen MR) is 113 cm³/mol. The van der Waals surface area contributed by atoms with E-state index in [1.165, 1.54) is 27.6 Å². The fraction of sp³-hybridized carbons (Fsp3) is 0.391. The number of hydrogen-bond acceptors (Lipinski definition) is 4. The van der Waals surface area contributed by atoms with Crippen molar-refractivity contribution < 1.29 is 13.2 Å². The van der Waals surface area contributed by atoms with E-state index >= 15 is 0 Å². The van der Waals surface area contributed by atoms with E-state index in [0.717, 1.165) is 19.3 Å². The molecule has 156 valence electrons. The lowest BCUT2D eigenvalue weighted by Gasteiger charge is -2.33. The molecule has 2 aromatic carbocycles. The highest BCUT2D eigenvalue weighted by molar-refractivity contribution is 7.89. The van der Waals surface area contributed by atoms with Crippen molar-refractivity contribution >= 4 is 15.9 Å². The quantitative estimate of drug-likeness (QED) is 0.818. The van der Waals surface area contributed by atoms with Gasteiger partial charge in [0.25, 0.3) is 0 Å². The van der Waals surface area contributed by atoms with Crippen LogP contribution in [0, 0.1) is 17.2 Å². The largest absolute Gasteiger partial charge is 0.349 e. The van der Waals surface area contributed by atoms with Crippen molar-refractivity contribution in [3.05, 3.63) is 65.2 Å². The summed E-state index contributed by atoms with van der Waals surface area (Å²) >= 11 is 0. The molecule has 0 radical (unpaired) electrons. The first-order valence-electron chi connectivity index (χ1n) is 10.4. The lowest BCUT2D eigenvalue weighted by Crippen LogP contribution is -2.44. The third kappa shape index (κ3) is 3.98. The van der Waals surface area contributed by atoms with E-state index in [-0.39, 0.29) is 41.4 Å². The summed E-state index contributed by atoms with van der Waals surface area (Å²) < 4.78 is 27.3. The monoisotopic (exact) mass is 423 g/mol. The van der Waals surface area contributed by atoms with Crippen LogP contribution in [0.3, 0.4) is 0 Å². The molecule has 1 fully saturated rings. The fourth-order valence-corrected chi connectivity index (χ4v) is 6.09. The number of carbonyl (C=O) groups is 1. The topological polar surface area (TPSA) is 90.3 Å². The van der Waals surface area contributed by atoms with Gasteiger partial charge in [-0.2, -0.15) is 9.57 Å². The first-order chi connectivity index (χ1) is 14.5. The molecule has 7 heteroatoms. The summed E-state index contributed by atoms with van der Waals surface area (Å²) in [4.78, 5) is 12.9. The van der Waals surface area contributed by atoms with E-state index in [1.807, 2.05) is 18.2 Å². The summed E-state index contributed by atoms with van der Waals surface area (Å²) in [5.74, 6) is -0.192. The zero-order valence-corrected chi connectivity index (χ0v) is 17.6. The molecule has 0 spiro atoms. The summed E-state index contributed by atoms with van der Waals surface area (Å²) in [5.41, 5.74) is 2.64. The summed E-state index contributed by atoms with van der Waals surface area (Å²) in [7, 11) is -3.74. The van der Waals surface area contributed by atoms with Crippen LogP contribution in [0.25, 0.3) is 0 Å². The van der Waals surface area contributed by atoms with Crippen LogP contribution >= 0.6 is 0 Å². The molecule has 1 aliphatic heterocycles. The highest BCUT2D eigenvalue weighted by atomic mass is 32.2. The number of hydrogen-bond donors (Lipinski definition) is 1. The van der Waals surface area contributed by atoms with Gasteiger partial charge >= 0.3 is 0 Å². The molecule has 6 nitrogen and oxygen atoms in total. The molecule has 0 saturated carbocycles. The van der Waals surface area contributed by atoms with Crippen molar-refractivity contribution in [2.75, 3.05) is 13.1 Å². The van der Waals surface area contributed by atoms with Crippen molar-refractivity contribution in [3.8, 4) is 6.07 Å². The second-order valence-corrected chi connectivity index (χ2v) is 9.84. The van der Waals surface area contributed by atoms with Gasteiger partial charge in [0.15, 0.2) is 0 Å². The first-order valence-corrected chi connectivity index (χ1v) is 11.8. The van der Waals surface area contributed by atoms with Gasteiger partial charge in [-0.3, -0.25) is 4.79 Å². The van der Waals surface area contributed by atoms with Crippen LogP contribution in [0.15, 0.2) is 53.4 Å². The number of benzene rings is 2. The molecule has 1 saturated heterocycles. The van der Waals surface area contributed by atoms with Crippen LogP contribution in [0.5, 0.6) is 0 Å². The normalized spacial score (nSPS) is 20.2. The standard InChI is InChI=1S/C23H25N3O3S/c24-16-19-7-2-4-11-22(19)30(28,29)26-14-12-18(13-15-26)23(27)25-21-10-5-8-17-6-1-3-9-20(17)21/h1-4,6-7,9,11,18,21H,5,8,10,12-15H2,(H,25,27)/t21-/m1/s1. The zero-order valence-electron chi connectivity index (χ0n) is 16.8. The maximum absolute atomic E-state index is 13.0. The molecule has 0 bridgehead atoms. The number of amides is 1. The maximum atomic E-state index is 13.0. The van der Waals surface area contributed by atoms with Gasteiger partial charge in [0.1, 0.15) is 6.07 Å². The number of nitriles is 1. The Balaban J connectivity index is 1.40. The number of piperidine rings is 1. The second-order valence-electron chi connectivity index (χ2n) is 7.94. The Labute approximate surface area is 177 Å². The van der Waals surface area contributed by atoms with Crippen LogP contribution in [0.2, 0.25) is 0 Å². The van der Waals surface area contributed by atoms with Gasteiger partial charge in [-0.05, 0) is 55.4 Å². The molecule has 0 unspecified atom stereocenters. The third-order valence-electron chi connectivity index (χ3n) is 6.14. The molecular weight excluding hydrogens is 398 g/mol. The number of fused-ring (bicyclic) bond motifs is 1. The van der Waals surface area contributed by atoms with Crippen LogP contribution < -0.4 is 5.32 Å². The van der Waals surface area contributed by atoms with Crippen molar-refractivity contribution in [1.82, 2.24) is 9.62 Å². The molecule has 30 heavy (non-hydrogen) atoms. The van der Waals surface area contributed by atoms with Gasteiger partial charge in [0.05, 0.1) is 16.5 Å². The zero-order chi connectivity index (χ0) is 21.1. The minimum absolute atomic E-state index is 0.00572. The molecule has 2 aliphatic rings. The van der Waals surface area contributed by atoms with Gasteiger partial charge in [-0.1, -0.05) is 36.4 Å². The summed E-state index contributed by atoms with van der Waals surface area (Å²) in [5, 5.41) is 12.4. The first kappa shape index (κ1) is 20.6. The van der Waals surface area contributed by atoms with Crippen LogP contribution in [0.4, 0.5) is 0 Å². The van der Waals surface area contributed by atoms with Crippen molar-refractivity contribution in [2.24, 2.45) is 5.92 Å². The number of aryl methyl sites for hydroxylation is 1. The Hall–Kier alpha value is -2.69. The van der Waals surface area contributed by atoms with E-state index in [4.69, 9.17) is 0 Å². The summed E-state index contributed by atoms with van der Waals surface area (Å²) in [6.07, 6.45) is 3.99. The minimum atomic E-state index is -3.74. The van der Waals surface area contributed by atoms with Crippen molar-refractivity contribution in [1.29, 1.82) is 5.26 Å². The molecule has 2 aromatic rings. The summed E-state index contributed by atoms with van der Waals surface area (Å²) in [6.45, 7) is 0.558. The molecule has 0 aromatic heterocycles. The number of nitrogens with zero attached hydrogens (tertiary/aromatic N) is 2. The van der Waals surface area contributed by atoms with Crippen molar-refractivity contribution in [3.63, 3.8) is 0 Å². The molecule has 1 amide bonds. The number of rotatable bonds is 4. The number of sulfonamides is 1. The van der Waals surface area contributed by atoms with Gasteiger partial charge in [-0.15, -0.1) is 0 Å². The Morgan fingerprint density at radius 3 is 2.50 bits per heavy atom. The third-order valence-corrected chi connectivity index (χ3v) is 8.09. The molecule has 1 atom stereocenters. The average molecular weight is 424 g/mol. The lowest BCUT2D eigenvalue weighted by molar-refractivity contribution is -0.127. The van der Waals surface area contributed by atoms with Crippen LogP contribution in [-0.2, 0) is 21.2 Å². The van der Waals surface area contributed by atoms with E-state index < -0.39 is 10.0 Å². The Kier molecular flexibility index (Phi) is 5.89. The highest BCUT2D eigenvalue weighted by Crippen LogP contribution is 2.31.